The van der Waals surface area contributed by atoms with Crippen molar-refractivity contribution in [2.45, 2.75) is 134 Å². The zero-order valence-electron chi connectivity index (χ0n) is 42.8. The van der Waals surface area contributed by atoms with E-state index in [2.05, 4.69) is 48.8 Å². The molecule has 12 unspecified atom stereocenters. The number of amides is 7. The van der Waals surface area contributed by atoms with Crippen molar-refractivity contribution < 1.29 is 63.2 Å². The molecule has 1 saturated heterocycles. The van der Waals surface area contributed by atoms with E-state index in [4.69, 9.17) is 16.2 Å². The highest BCUT2D eigenvalue weighted by Gasteiger charge is 2.38. The van der Waals surface area contributed by atoms with Crippen molar-refractivity contribution in [2.24, 2.45) is 40.1 Å². The Morgan fingerprint density at radius 2 is 1.47 bits per heavy atom. The lowest BCUT2D eigenvalue weighted by molar-refractivity contribution is -0.146. The summed E-state index contributed by atoms with van der Waals surface area (Å²) >= 11 is 0. The number of hydrogen-bond donors (Lipinski definition) is 12. The van der Waals surface area contributed by atoms with Gasteiger partial charge >= 0.3 is 11.9 Å². The fourth-order valence-corrected chi connectivity index (χ4v) is 8.18. The number of aliphatic hydroxyl groups excluding tert-OH is 1. The molecule has 0 radical (unpaired) electrons. The molecule has 1 fully saturated rings. The van der Waals surface area contributed by atoms with Gasteiger partial charge in [-0.05, 0) is 70.3 Å². The normalized spacial score (nSPS) is 27.6. The van der Waals surface area contributed by atoms with Gasteiger partial charge in [-0.25, -0.2) is 9.59 Å². The van der Waals surface area contributed by atoms with Gasteiger partial charge in [0.1, 0.15) is 30.2 Å². The van der Waals surface area contributed by atoms with E-state index in [9.17, 15) is 58.5 Å². The van der Waals surface area contributed by atoms with Gasteiger partial charge in [0.05, 0.1) is 35.8 Å². The van der Waals surface area contributed by atoms with Crippen LogP contribution in [0.2, 0.25) is 0 Å². The number of carboxylic acids is 2. The monoisotopic (exact) mass is 1030 g/mol. The largest absolute Gasteiger partial charge is 0.480 e. The summed E-state index contributed by atoms with van der Waals surface area (Å²) in [6.45, 7) is 11.2. The number of rotatable bonds is 15. The molecule has 406 valence electrons. The lowest BCUT2D eigenvalue weighted by atomic mass is 9.88. The van der Waals surface area contributed by atoms with Crippen LogP contribution in [0.4, 0.5) is 0 Å². The number of carboxylic acid groups (broad SMARTS) is 2. The molecule has 1 aromatic rings. The van der Waals surface area contributed by atoms with Crippen LogP contribution in [0.5, 0.6) is 0 Å². The third-order valence-electron chi connectivity index (χ3n) is 12.8. The standard InChI is InChI=1S/C51H74N10O13/c1-27(24-28(2)40(74-7)26-33-12-9-8-10-13-33)15-20-36-29(3)43(64)59-38(49(70)71)21-22-41(63)55-31(5)45(66)56-32(6)46(67)60-39(25-34-16-18-35(62)19-17-34)48(69)61-42(50(72)73)30(4)44(65)58-37(47(68)57-36)14-11-23-54-51(52)53/h8-10,12-13,15-16,18,20,24,28-30,32,34-40,42,62H,5,11,14,17,19,21-23,25-26H2,1-4,6-7H3,(H,55,63)(H,56,66)(H,57,68)(H,58,65)(H,59,64)(H,60,67)(H,61,69)(H,70,71)(H,72,73)(H4,52,53,54). The Hall–Kier alpha value is -7.40. The van der Waals surface area contributed by atoms with Crippen LogP contribution in [-0.2, 0) is 54.3 Å². The average Bonchev–Trinajstić information content (AvgIpc) is 3.35. The van der Waals surface area contributed by atoms with E-state index in [0.29, 0.717) is 24.8 Å². The third kappa shape index (κ3) is 20.2. The van der Waals surface area contributed by atoms with Gasteiger partial charge in [-0.15, -0.1) is 0 Å². The number of aliphatic hydroxyl groups is 1. The number of guanidine groups is 1. The number of nitrogens with zero attached hydrogens (tertiary/aromatic N) is 1. The van der Waals surface area contributed by atoms with Gasteiger partial charge in [0, 0.05) is 26.0 Å². The SMILES string of the molecule is C=C1NC(=O)CCC(C(=O)O)NC(=O)C(C)C(C=CC(C)=CC(C)C(Cc2ccccc2)OC)NC(=O)C(CCCN=C(N)N)NC(=O)C(C)C(C(=O)O)NC(=O)C(CC2C=CC(O)CC2)NC(=O)C(C)NC1=O. The summed E-state index contributed by atoms with van der Waals surface area (Å²) in [5.74, 6) is -13.2. The van der Waals surface area contributed by atoms with Crippen LogP contribution in [0.1, 0.15) is 85.1 Å². The highest BCUT2D eigenvalue weighted by molar-refractivity contribution is 6.00. The van der Waals surface area contributed by atoms with E-state index in [1.54, 1.807) is 26.2 Å². The third-order valence-corrected chi connectivity index (χ3v) is 12.8. The van der Waals surface area contributed by atoms with E-state index in [0.717, 1.165) is 5.56 Å². The van der Waals surface area contributed by atoms with Gasteiger partial charge in [-0.1, -0.05) is 93.6 Å². The quantitative estimate of drug-likeness (QED) is 0.0274. The zero-order chi connectivity index (χ0) is 55.2. The molecule has 0 aromatic heterocycles. The molecule has 12 atom stereocenters. The minimum absolute atomic E-state index is 0.00958. The first-order valence-electron chi connectivity index (χ1n) is 24.5. The molecular formula is C51H74N10O13. The molecule has 3 rings (SSSR count). The Balaban J connectivity index is 2.11. The molecule has 0 spiro atoms. The van der Waals surface area contributed by atoms with Gasteiger partial charge in [0.25, 0.3) is 5.91 Å². The minimum atomic E-state index is -1.93. The van der Waals surface area contributed by atoms with E-state index in [1.165, 1.54) is 32.9 Å². The number of carbonyl (C=O) groups excluding carboxylic acids is 7. The van der Waals surface area contributed by atoms with Crippen molar-refractivity contribution in [3.05, 3.63) is 84.1 Å². The highest BCUT2D eigenvalue weighted by atomic mass is 16.5. The number of carbonyl (C=O) groups is 9. The Bertz CT molecular complexity index is 2300. The Labute approximate surface area is 430 Å². The number of aliphatic carboxylic acids is 2. The smallest absolute Gasteiger partial charge is 0.327 e. The predicted octanol–water partition coefficient (Wildman–Crippen LogP) is -0.0527. The van der Waals surface area contributed by atoms with Crippen LogP contribution in [0.15, 0.2) is 83.6 Å². The lowest BCUT2D eigenvalue weighted by Gasteiger charge is -2.29. The molecule has 7 amide bonds. The van der Waals surface area contributed by atoms with Crippen LogP contribution < -0.4 is 48.7 Å². The summed E-state index contributed by atoms with van der Waals surface area (Å²) in [5, 5.41) is 47.8. The Kier molecular flexibility index (Phi) is 24.7. The maximum absolute atomic E-state index is 14.4. The van der Waals surface area contributed by atoms with Gasteiger partial charge in [-0.3, -0.25) is 38.6 Å². The van der Waals surface area contributed by atoms with Gasteiger partial charge in [0.2, 0.25) is 35.4 Å². The first kappa shape index (κ1) is 60.9. The first-order valence-corrected chi connectivity index (χ1v) is 24.5. The van der Waals surface area contributed by atoms with Crippen LogP contribution in [0, 0.1) is 23.7 Å². The van der Waals surface area contributed by atoms with Crippen LogP contribution >= 0.6 is 0 Å². The maximum atomic E-state index is 14.4. The molecule has 1 heterocycles. The highest BCUT2D eigenvalue weighted by Crippen LogP contribution is 2.23. The first-order chi connectivity index (χ1) is 34.9. The molecule has 1 aliphatic heterocycles. The summed E-state index contributed by atoms with van der Waals surface area (Å²) in [6, 6.07) is 0.721. The second-order valence-corrected chi connectivity index (χ2v) is 18.8. The average molecular weight is 1040 g/mol. The molecule has 1 aromatic carbocycles. The Morgan fingerprint density at radius 1 is 0.824 bits per heavy atom. The number of benzene rings is 1. The van der Waals surface area contributed by atoms with Crippen molar-refractivity contribution in [3.8, 4) is 0 Å². The molecular weight excluding hydrogens is 961 g/mol. The topological polar surface area (TPSA) is 372 Å². The maximum Gasteiger partial charge on any atom is 0.327 e. The number of nitrogens with one attached hydrogen (secondary N) is 7. The van der Waals surface area contributed by atoms with E-state index >= 15 is 0 Å². The van der Waals surface area contributed by atoms with E-state index in [1.807, 2.05) is 43.3 Å². The summed E-state index contributed by atoms with van der Waals surface area (Å²) in [6.07, 6.45) is 7.56. The summed E-state index contributed by atoms with van der Waals surface area (Å²) in [5.41, 5.74) is 12.3. The molecule has 2 aliphatic rings. The lowest BCUT2D eigenvalue weighted by Crippen LogP contribution is -2.59. The van der Waals surface area contributed by atoms with Crippen molar-refractivity contribution in [3.63, 3.8) is 0 Å². The number of hydrogen-bond acceptors (Lipinski definition) is 12. The molecule has 0 bridgehead atoms. The molecule has 0 saturated carbocycles. The van der Waals surface area contributed by atoms with Crippen molar-refractivity contribution in [1.29, 1.82) is 0 Å². The van der Waals surface area contributed by atoms with Crippen molar-refractivity contribution in [2.75, 3.05) is 13.7 Å². The predicted molar refractivity (Wildman–Crippen MR) is 273 cm³/mol. The molecule has 14 N–H and O–H groups in total. The van der Waals surface area contributed by atoms with Gasteiger partial charge < -0.3 is 68.7 Å². The second-order valence-electron chi connectivity index (χ2n) is 18.8. The van der Waals surface area contributed by atoms with E-state index < -0.39 is 126 Å². The zero-order valence-corrected chi connectivity index (χ0v) is 42.8. The number of nitrogens with two attached hydrogens (primary N) is 2. The van der Waals surface area contributed by atoms with Gasteiger partial charge in [-0.2, -0.15) is 0 Å². The summed E-state index contributed by atoms with van der Waals surface area (Å²) < 4.78 is 5.81. The van der Waals surface area contributed by atoms with Crippen molar-refractivity contribution >= 4 is 59.2 Å². The Morgan fingerprint density at radius 3 is 2.08 bits per heavy atom. The van der Waals surface area contributed by atoms with Gasteiger partial charge in [0.15, 0.2) is 5.96 Å². The van der Waals surface area contributed by atoms with Crippen LogP contribution in [0.25, 0.3) is 0 Å². The molecule has 1 aliphatic carbocycles. The number of ether oxygens (including phenoxy) is 1. The number of methoxy groups -OCH3 is 1. The molecule has 23 nitrogen and oxygen atoms in total. The second kappa shape index (κ2) is 30.0. The molecule has 23 heteroatoms. The minimum Gasteiger partial charge on any atom is -0.480 e. The summed E-state index contributed by atoms with van der Waals surface area (Å²) in [4.78, 5) is 125. The van der Waals surface area contributed by atoms with Crippen LogP contribution in [-0.4, -0.2) is 137 Å². The summed E-state index contributed by atoms with van der Waals surface area (Å²) in [7, 11) is 1.61. The van der Waals surface area contributed by atoms with Crippen LogP contribution in [0.3, 0.4) is 0 Å². The fraction of sp³-hybridized carbons (Fsp3) is 0.529. The number of allylic oxidation sites excluding steroid dienone is 3. The van der Waals surface area contributed by atoms with Crippen molar-refractivity contribution in [1.82, 2.24) is 37.2 Å². The fourth-order valence-electron chi connectivity index (χ4n) is 8.18. The van der Waals surface area contributed by atoms with E-state index in [-0.39, 0.29) is 49.7 Å². The molecule has 74 heavy (non-hydrogen) atoms. The number of aliphatic imine (C=N–C) groups is 1.